The number of aromatic amines is 1. The molecule has 3 aromatic rings. The first-order valence-electron chi connectivity index (χ1n) is 8.95. The van der Waals surface area contributed by atoms with Crippen LogP contribution in [0.15, 0.2) is 43.1 Å². The average molecular weight is 350 g/mol. The summed E-state index contributed by atoms with van der Waals surface area (Å²) in [5.41, 5.74) is 4.26. The van der Waals surface area contributed by atoms with E-state index in [1.165, 1.54) is 0 Å². The SMILES string of the molecule is Cc1cnccc1-c1cn[nH]c1[C@@H]1CCCCN1C(=O)Cn1cccn1. The monoisotopic (exact) mass is 350 g/mol. The standard InChI is InChI=1S/C19H22N6O/c1-14-11-20-8-6-15(14)16-12-21-23-19(16)17-5-2-3-10-25(17)18(26)13-24-9-4-7-22-24/h4,6-9,11-12,17H,2-3,5,10,13H2,1H3,(H,21,23)/t17-/m0/s1. The minimum atomic E-state index is 0.0110. The normalized spacial score (nSPS) is 17.4. The fraction of sp³-hybridized carbons (Fsp3) is 0.368. The molecule has 0 bridgehead atoms. The number of carbonyl (C=O) groups excluding carboxylic acids is 1. The molecule has 4 heterocycles. The van der Waals surface area contributed by atoms with E-state index in [0.717, 1.165) is 48.2 Å². The summed E-state index contributed by atoms with van der Waals surface area (Å²) in [6.07, 6.45) is 12.1. The zero-order valence-corrected chi connectivity index (χ0v) is 14.8. The second-order valence-electron chi connectivity index (χ2n) is 6.69. The maximum Gasteiger partial charge on any atom is 0.244 e. The largest absolute Gasteiger partial charge is 0.332 e. The average Bonchev–Trinajstić information content (AvgIpc) is 3.34. The highest BCUT2D eigenvalue weighted by molar-refractivity contribution is 5.77. The Labute approximate surface area is 152 Å². The first-order valence-corrected chi connectivity index (χ1v) is 8.95. The number of hydrogen-bond donors (Lipinski definition) is 1. The third-order valence-electron chi connectivity index (χ3n) is 4.99. The van der Waals surface area contributed by atoms with E-state index in [1.54, 1.807) is 17.1 Å². The summed E-state index contributed by atoms with van der Waals surface area (Å²) in [6.45, 7) is 3.07. The molecular formula is C19H22N6O. The van der Waals surface area contributed by atoms with Crippen molar-refractivity contribution in [2.24, 2.45) is 0 Å². The summed E-state index contributed by atoms with van der Waals surface area (Å²) in [5.74, 6) is 0.0883. The number of carbonyl (C=O) groups is 1. The van der Waals surface area contributed by atoms with E-state index in [2.05, 4.69) is 20.3 Å². The highest BCUT2D eigenvalue weighted by Gasteiger charge is 2.31. The Morgan fingerprint density at radius 1 is 1.27 bits per heavy atom. The lowest BCUT2D eigenvalue weighted by Crippen LogP contribution is -2.40. The molecule has 1 saturated heterocycles. The van der Waals surface area contributed by atoms with Gasteiger partial charge >= 0.3 is 0 Å². The van der Waals surface area contributed by atoms with Gasteiger partial charge in [0.1, 0.15) is 6.54 Å². The minimum absolute atomic E-state index is 0.0110. The third-order valence-corrected chi connectivity index (χ3v) is 4.99. The Kier molecular flexibility index (Phi) is 4.51. The highest BCUT2D eigenvalue weighted by Crippen LogP contribution is 2.36. The number of pyridine rings is 1. The van der Waals surface area contributed by atoms with Crippen molar-refractivity contribution in [1.29, 1.82) is 0 Å². The van der Waals surface area contributed by atoms with Crippen LogP contribution in [0.2, 0.25) is 0 Å². The summed E-state index contributed by atoms with van der Waals surface area (Å²) >= 11 is 0. The molecule has 1 aliphatic rings. The number of aryl methyl sites for hydroxylation is 1. The first kappa shape index (κ1) is 16.5. The predicted octanol–water partition coefficient (Wildman–Crippen LogP) is 2.73. The number of aromatic nitrogens is 5. The molecule has 26 heavy (non-hydrogen) atoms. The second kappa shape index (κ2) is 7.11. The summed E-state index contributed by atoms with van der Waals surface area (Å²) in [6, 6.07) is 3.85. The Morgan fingerprint density at radius 3 is 3.00 bits per heavy atom. The van der Waals surface area contributed by atoms with Crippen LogP contribution >= 0.6 is 0 Å². The minimum Gasteiger partial charge on any atom is -0.332 e. The van der Waals surface area contributed by atoms with Gasteiger partial charge in [0.25, 0.3) is 0 Å². The maximum atomic E-state index is 12.9. The van der Waals surface area contributed by atoms with Gasteiger partial charge in [-0.2, -0.15) is 10.2 Å². The molecular weight excluding hydrogens is 328 g/mol. The fourth-order valence-corrected chi connectivity index (χ4v) is 3.69. The van der Waals surface area contributed by atoms with Crippen LogP contribution in [0.3, 0.4) is 0 Å². The summed E-state index contributed by atoms with van der Waals surface area (Å²) in [5, 5.41) is 11.6. The molecule has 0 saturated carbocycles. The molecule has 1 atom stereocenters. The van der Waals surface area contributed by atoms with Crippen LogP contribution in [0.25, 0.3) is 11.1 Å². The van der Waals surface area contributed by atoms with Crippen molar-refractivity contribution in [3.05, 3.63) is 54.4 Å². The number of likely N-dealkylation sites (tertiary alicyclic amines) is 1. The molecule has 0 aromatic carbocycles. The van der Waals surface area contributed by atoms with Gasteiger partial charge in [-0.3, -0.25) is 19.6 Å². The third kappa shape index (κ3) is 3.12. The van der Waals surface area contributed by atoms with Gasteiger partial charge in [0.15, 0.2) is 0 Å². The Morgan fingerprint density at radius 2 is 2.19 bits per heavy atom. The molecule has 134 valence electrons. The Balaban J connectivity index is 1.64. The van der Waals surface area contributed by atoms with Crippen molar-refractivity contribution < 1.29 is 4.79 Å². The van der Waals surface area contributed by atoms with Crippen LogP contribution in [0.1, 0.15) is 36.6 Å². The van der Waals surface area contributed by atoms with Crippen molar-refractivity contribution in [3.8, 4) is 11.1 Å². The molecule has 0 unspecified atom stereocenters. The van der Waals surface area contributed by atoms with Gasteiger partial charge < -0.3 is 4.90 Å². The fourth-order valence-electron chi connectivity index (χ4n) is 3.69. The molecule has 4 rings (SSSR count). The van der Waals surface area contributed by atoms with Gasteiger partial charge in [-0.15, -0.1) is 0 Å². The van der Waals surface area contributed by atoms with Crippen molar-refractivity contribution in [2.45, 2.75) is 38.8 Å². The van der Waals surface area contributed by atoms with E-state index in [-0.39, 0.29) is 18.5 Å². The summed E-state index contributed by atoms with van der Waals surface area (Å²) in [4.78, 5) is 19.1. The molecule has 3 aromatic heterocycles. The maximum absolute atomic E-state index is 12.9. The number of amides is 1. The van der Waals surface area contributed by atoms with Crippen LogP contribution in [0, 0.1) is 6.92 Å². The van der Waals surface area contributed by atoms with E-state index in [1.807, 2.05) is 42.5 Å². The molecule has 0 aliphatic carbocycles. The number of rotatable bonds is 4. The Hall–Kier alpha value is -2.96. The molecule has 0 radical (unpaired) electrons. The smallest absolute Gasteiger partial charge is 0.244 e. The van der Waals surface area contributed by atoms with Crippen molar-refractivity contribution in [1.82, 2.24) is 29.9 Å². The van der Waals surface area contributed by atoms with Crippen LogP contribution < -0.4 is 0 Å². The van der Waals surface area contributed by atoms with Crippen molar-refractivity contribution in [2.75, 3.05) is 6.54 Å². The topological polar surface area (TPSA) is 79.7 Å². The van der Waals surface area contributed by atoms with Gasteiger partial charge in [-0.05, 0) is 49.4 Å². The number of nitrogens with one attached hydrogen (secondary N) is 1. The van der Waals surface area contributed by atoms with Crippen LogP contribution in [0.5, 0.6) is 0 Å². The van der Waals surface area contributed by atoms with Crippen molar-refractivity contribution in [3.63, 3.8) is 0 Å². The van der Waals surface area contributed by atoms with Crippen molar-refractivity contribution >= 4 is 5.91 Å². The molecule has 0 spiro atoms. The highest BCUT2D eigenvalue weighted by atomic mass is 16.2. The predicted molar refractivity (Wildman–Crippen MR) is 97.1 cm³/mol. The van der Waals surface area contributed by atoms with Gasteiger partial charge in [-0.25, -0.2) is 0 Å². The van der Waals surface area contributed by atoms with E-state index < -0.39 is 0 Å². The molecule has 7 heteroatoms. The molecule has 1 fully saturated rings. The summed E-state index contributed by atoms with van der Waals surface area (Å²) in [7, 11) is 0. The number of nitrogens with zero attached hydrogens (tertiary/aromatic N) is 5. The second-order valence-corrected chi connectivity index (χ2v) is 6.69. The number of H-pyrrole nitrogens is 1. The lowest BCUT2D eigenvalue weighted by Gasteiger charge is -2.35. The molecule has 1 aliphatic heterocycles. The van der Waals surface area contributed by atoms with Gasteiger partial charge in [0, 0.05) is 36.9 Å². The van der Waals surface area contributed by atoms with E-state index in [0.29, 0.717) is 0 Å². The number of piperidine rings is 1. The lowest BCUT2D eigenvalue weighted by molar-refractivity contribution is -0.136. The van der Waals surface area contributed by atoms with E-state index in [9.17, 15) is 4.79 Å². The Bertz CT molecular complexity index is 885. The van der Waals surface area contributed by atoms with Crippen LogP contribution in [-0.2, 0) is 11.3 Å². The summed E-state index contributed by atoms with van der Waals surface area (Å²) < 4.78 is 1.68. The quantitative estimate of drug-likeness (QED) is 0.784. The molecule has 1 amide bonds. The first-order chi connectivity index (χ1) is 12.7. The molecule has 1 N–H and O–H groups in total. The number of hydrogen-bond acceptors (Lipinski definition) is 4. The van der Waals surface area contributed by atoms with Crippen LogP contribution in [-0.4, -0.2) is 42.3 Å². The van der Waals surface area contributed by atoms with E-state index in [4.69, 9.17) is 0 Å². The zero-order valence-electron chi connectivity index (χ0n) is 14.8. The van der Waals surface area contributed by atoms with E-state index >= 15 is 0 Å². The van der Waals surface area contributed by atoms with Crippen LogP contribution in [0.4, 0.5) is 0 Å². The van der Waals surface area contributed by atoms with Gasteiger partial charge in [-0.1, -0.05) is 0 Å². The lowest BCUT2D eigenvalue weighted by atomic mass is 9.93. The van der Waals surface area contributed by atoms with Gasteiger partial charge in [0.2, 0.25) is 5.91 Å². The van der Waals surface area contributed by atoms with Gasteiger partial charge in [0.05, 0.1) is 17.9 Å². The zero-order chi connectivity index (χ0) is 17.9. The molecule has 7 nitrogen and oxygen atoms in total.